The molecule has 0 atom stereocenters. The summed E-state index contributed by atoms with van der Waals surface area (Å²) in [5, 5.41) is 0. The van der Waals surface area contributed by atoms with Crippen LogP contribution in [0, 0.1) is 0 Å². The number of unbranched alkanes of at least 4 members (excludes halogenated alkanes) is 18. The van der Waals surface area contributed by atoms with Gasteiger partial charge in [-0.15, -0.1) is 45.3 Å². The molecule has 14 heteroatoms. The molecular weight excluding hydrogens is 1100 g/mol. The first-order valence-corrected chi connectivity index (χ1v) is 33.3. The van der Waals surface area contributed by atoms with Gasteiger partial charge in [-0.3, -0.25) is 9.59 Å². The molecule has 0 N–H and O–H groups in total. The van der Waals surface area contributed by atoms with Gasteiger partial charge < -0.3 is 18.9 Å². The molecule has 2 aliphatic rings. The van der Waals surface area contributed by atoms with Crippen molar-refractivity contribution in [2.45, 2.75) is 195 Å². The van der Waals surface area contributed by atoms with E-state index in [2.05, 4.69) is 62.4 Å². The van der Waals surface area contributed by atoms with Crippen LogP contribution >= 0.6 is 45.3 Å². The largest absolute Gasteiger partial charge is 0.494 e. The van der Waals surface area contributed by atoms with Crippen molar-refractivity contribution in [3.8, 4) is 51.9 Å². The molecule has 0 spiro atoms. The summed E-state index contributed by atoms with van der Waals surface area (Å²) in [6, 6.07) is 32.2. The van der Waals surface area contributed by atoms with Crippen LogP contribution < -0.4 is 9.47 Å². The van der Waals surface area contributed by atoms with Crippen molar-refractivity contribution in [3.63, 3.8) is 0 Å². The van der Waals surface area contributed by atoms with E-state index in [1.54, 1.807) is 64.2 Å². The number of nitrogens with zero attached hydrogens (tertiary/aromatic N) is 2. The van der Waals surface area contributed by atoms with Gasteiger partial charge in [0.05, 0.1) is 45.5 Å². The summed E-state index contributed by atoms with van der Waals surface area (Å²) >= 11 is 5.95. The van der Waals surface area contributed by atoms with Crippen molar-refractivity contribution in [3.05, 3.63) is 118 Å². The molecule has 4 aromatic heterocycles. The molecule has 10 nitrogen and oxygen atoms in total. The standard InChI is InChI=1S/C68H84N2O8S4/c1-9-11-13-15-17-19-21-23-25-27-45-75-49-33-29-47(30-34-49)51-37-39-53(79-51)55-41-43-57(81-55)61-59-60(64(72)69(61)65(73)77-67(3,4)5)62(70(63(59)71)66(74)78-68(6,7)8)58-44-42-56(82-58)54-40-38-52(80-54)48-31-35-50(36-32-48)76-46-28-26-24-22-20-18-16-14-12-10-2/h29-44H,9-28,45-46H2,1-8H3. The Morgan fingerprint density at radius 2 is 0.634 bits per heavy atom. The molecule has 0 bridgehead atoms. The van der Waals surface area contributed by atoms with Gasteiger partial charge >= 0.3 is 12.2 Å². The first kappa shape index (κ1) is 62.3. The van der Waals surface area contributed by atoms with Crippen molar-refractivity contribution >= 4 is 80.7 Å². The molecule has 2 aliphatic heterocycles. The number of ether oxygens (including phenoxy) is 4. The molecule has 0 aliphatic carbocycles. The Balaban J connectivity index is 0.991. The lowest BCUT2D eigenvalue weighted by molar-refractivity contribution is -0.123. The lowest BCUT2D eigenvalue weighted by Gasteiger charge is -2.27. The molecule has 438 valence electrons. The van der Waals surface area contributed by atoms with Crippen LogP contribution in [0.3, 0.4) is 0 Å². The Bertz CT molecular complexity index is 2930. The minimum atomic E-state index is -0.968. The Kier molecular flexibility index (Phi) is 22.5. The smallest absolute Gasteiger partial charge is 0.422 e. The molecule has 82 heavy (non-hydrogen) atoms. The Hall–Kier alpha value is -5.80. The van der Waals surface area contributed by atoms with E-state index in [0.29, 0.717) is 23.0 Å². The average Bonchev–Trinajstić information content (AvgIpc) is 1.85. The fraction of sp³-hybridized carbons (Fsp3) is 0.471. The van der Waals surface area contributed by atoms with Crippen LogP contribution in [-0.2, 0) is 19.1 Å². The molecule has 4 amide bonds. The highest BCUT2D eigenvalue weighted by molar-refractivity contribution is 7.25. The van der Waals surface area contributed by atoms with E-state index in [0.717, 1.165) is 74.5 Å². The van der Waals surface area contributed by atoms with Gasteiger partial charge in [-0.2, -0.15) is 0 Å². The maximum atomic E-state index is 15.1. The van der Waals surface area contributed by atoms with E-state index in [9.17, 15) is 9.59 Å². The second-order valence-corrected chi connectivity index (χ2v) is 27.8. The SMILES string of the molecule is CCCCCCCCCCCCOc1ccc(-c2ccc(-c3ccc(C4=C5C(=O)N(C(=O)OC(C)(C)C)C(c6ccc(-c7ccc(-c8ccc(OCCCCCCCCCCCC)cc8)s7)s6)=C5C(=O)N4C(=O)OC(C)(C)C)s3)s2)cc1. The molecule has 0 fully saturated rings. The van der Waals surface area contributed by atoms with Gasteiger partial charge in [0.15, 0.2) is 0 Å². The zero-order valence-corrected chi connectivity index (χ0v) is 52.9. The first-order valence-electron chi connectivity index (χ1n) is 30.0. The van der Waals surface area contributed by atoms with E-state index < -0.39 is 35.2 Å². The fourth-order valence-corrected chi connectivity index (χ4v) is 14.5. The topological polar surface area (TPSA) is 112 Å². The van der Waals surface area contributed by atoms with Gasteiger partial charge in [0.2, 0.25) is 0 Å². The summed E-state index contributed by atoms with van der Waals surface area (Å²) in [6.07, 6.45) is 23.8. The second kappa shape index (κ2) is 29.6. The van der Waals surface area contributed by atoms with E-state index in [-0.39, 0.29) is 22.5 Å². The molecule has 6 aromatic rings. The average molecular weight is 1190 g/mol. The number of thiophene rings is 4. The van der Waals surface area contributed by atoms with Gasteiger partial charge in [-0.1, -0.05) is 129 Å². The number of hydrogen-bond donors (Lipinski definition) is 0. The monoisotopic (exact) mass is 1180 g/mol. The zero-order chi connectivity index (χ0) is 58.2. The molecular formula is C68H84N2O8S4. The van der Waals surface area contributed by atoms with Crippen molar-refractivity contribution < 1.29 is 38.1 Å². The van der Waals surface area contributed by atoms with Crippen molar-refractivity contribution in [2.24, 2.45) is 0 Å². The number of hydrogen-bond acceptors (Lipinski definition) is 12. The van der Waals surface area contributed by atoms with Gasteiger partial charge in [0.25, 0.3) is 11.8 Å². The van der Waals surface area contributed by atoms with Gasteiger partial charge in [0.1, 0.15) is 22.7 Å². The lowest BCUT2D eigenvalue weighted by Crippen LogP contribution is -2.40. The highest BCUT2D eigenvalue weighted by atomic mass is 32.1. The lowest BCUT2D eigenvalue weighted by atomic mass is 10.1. The van der Waals surface area contributed by atoms with Crippen LogP contribution in [0.1, 0.15) is 194 Å². The predicted octanol–water partition coefficient (Wildman–Crippen LogP) is 20.9. The van der Waals surface area contributed by atoms with E-state index >= 15 is 9.59 Å². The van der Waals surface area contributed by atoms with Gasteiger partial charge in [0, 0.05) is 29.3 Å². The summed E-state index contributed by atoms with van der Waals surface area (Å²) < 4.78 is 24.0. The maximum absolute atomic E-state index is 15.1. The number of benzene rings is 2. The van der Waals surface area contributed by atoms with E-state index in [1.165, 1.54) is 138 Å². The van der Waals surface area contributed by atoms with Crippen LogP contribution in [0.2, 0.25) is 0 Å². The third kappa shape index (κ3) is 16.7. The van der Waals surface area contributed by atoms with Gasteiger partial charge in [-0.25, -0.2) is 19.4 Å². The first-order chi connectivity index (χ1) is 39.5. The van der Waals surface area contributed by atoms with Crippen molar-refractivity contribution in [1.29, 1.82) is 0 Å². The number of amides is 4. The highest BCUT2D eigenvalue weighted by Gasteiger charge is 2.54. The Labute approximate surface area is 503 Å². The quantitative estimate of drug-likeness (QED) is 0.0410. The Morgan fingerprint density at radius 1 is 0.366 bits per heavy atom. The maximum Gasteiger partial charge on any atom is 0.422 e. The summed E-state index contributed by atoms with van der Waals surface area (Å²) in [7, 11) is 0. The van der Waals surface area contributed by atoms with Crippen LogP contribution in [-0.4, -0.2) is 58.2 Å². The van der Waals surface area contributed by atoms with Crippen LogP contribution in [0.15, 0.2) is 108 Å². The van der Waals surface area contributed by atoms with Crippen LogP contribution in [0.5, 0.6) is 11.5 Å². The summed E-state index contributed by atoms with van der Waals surface area (Å²) in [5.41, 5.74) is 0.202. The summed E-state index contributed by atoms with van der Waals surface area (Å²) in [6.45, 7) is 16.3. The number of imide groups is 2. The molecule has 0 unspecified atom stereocenters. The predicted molar refractivity (Wildman–Crippen MR) is 341 cm³/mol. The van der Waals surface area contributed by atoms with Gasteiger partial charge in [-0.05, 0) is 163 Å². The van der Waals surface area contributed by atoms with Crippen LogP contribution in [0.4, 0.5) is 9.59 Å². The number of fused-ring (bicyclic) bond motifs is 1. The zero-order valence-electron chi connectivity index (χ0n) is 49.6. The molecule has 0 saturated heterocycles. The molecule has 0 radical (unpaired) electrons. The minimum absolute atomic E-state index is 0.0586. The Morgan fingerprint density at radius 3 is 0.939 bits per heavy atom. The van der Waals surface area contributed by atoms with Crippen LogP contribution in [0.25, 0.3) is 51.8 Å². The second-order valence-electron chi connectivity index (χ2n) is 23.5. The number of rotatable bonds is 30. The highest BCUT2D eigenvalue weighted by Crippen LogP contribution is 2.52. The molecule has 8 rings (SSSR count). The summed E-state index contributed by atoms with van der Waals surface area (Å²) in [5.74, 6) is 0.183. The molecule has 6 heterocycles. The molecule has 0 saturated carbocycles. The molecule has 2 aromatic carbocycles. The third-order valence-electron chi connectivity index (χ3n) is 14.3. The summed E-state index contributed by atoms with van der Waals surface area (Å²) in [4.78, 5) is 67.6. The minimum Gasteiger partial charge on any atom is -0.494 e. The third-order valence-corrected chi connectivity index (χ3v) is 19.2. The normalized spacial score (nSPS) is 13.7. The van der Waals surface area contributed by atoms with Crippen molar-refractivity contribution in [1.82, 2.24) is 9.80 Å². The number of carbonyl (C=O) groups is 4. The van der Waals surface area contributed by atoms with E-state index in [1.807, 2.05) is 48.5 Å². The van der Waals surface area contributed by atoms with Crippen molar-refractivity contribution in [2.75, 3.05) is 13.2 Å². The number of carbonyl (C=O) groups excluding carboxylic acids is 4. The fourth-order valence-electron chi connectivity index (χ4n) is 10.2. The van der Waals surface area contributed by atoms with E-state index in [4.69, 9.17) is 18.9 Å².